The fraction of sp³-hybridized carbons (Fsp3) is 0.316. The van der Waals surface area contributed by atoms with Gasteiger partial charge in [-0.05, 0) is 53.6 Å². The minimum atomic E-state index is -0.0923. The van der Waals surface area contributed by atoms with Crippen molar-refractivity contribution in [2.24, 2.45) is 0 Å². The quantitative estimate of drug-likeness (QED) is 0.620. The maximum Gasteiger partial charge on any atom is 0.251 e. The van der Waals surface area contributed by atoms with Gasteiger partial charge in [-0.1, -0.05) is 37.3 Å². The topological polar surface area (TPSA) is 47.6 Å². The van der Waals surface area contributed by atoms with E-state index < -0.39 is 0 Å². The molecule has 0 fully saturated rings. The number of hydrogen-bond acceptors (Lipinski definition) is 3. The molecule has 1 amide bonds. The average Bonchev–Trinajstić information content (AvgIpc) is 2.60. The van der Waals surface area contributed by atoms with Crippen molar-refractivity contribution in [2.75, 3.05) is 13.2 Å². The first-order valence-electron chi connectivity index (χ1n) is 8.07. The van der Waals surface area contributed by atoms with Gasteiger partial charge in [0.25, 0.3) is 5.91 Å². The summed E-state index contributed by atoms with van der Waals surface area (Å²) in [5, 5.41) is 2.88. The first kappa shape index (κ1) is 18.6. The van der Waals surface area contributed by atoms with Crippen LogP contribution in [0.2, 0.25) is 0 Å². The second-order valence-corrected chi connectivity index (χ2v) is 6.41. The lowest BCUT2D eigenvalue weighted by Crippen LogP contribution is -2.24. The van der Waals surface area contributed by atoms with Crippen molar-refractivity contribution in [3.63, 3.8) is 0 Å². The van der Waals surface area contributed by atoms with E-state index in [-0.39, 0.29) is 5.91 Å². The molecular formula is C19H22INO3. The summed E-state index contributed by atoms with van der Waals surface area (Å²) >= 11 is 2.18. The van der Waals surface area contributed by atoms with Gasteiger partial charge in [0.2, 0.25) is 0 Å². The Morgan fingerprint density at radius 2 is 1.88 bits per heavy atom. The van der Waals surface area contributed by atoms with Gasteiger partial charge in [-0.2, -0.15) is 0 Å². The Morgan fingerprint density at radius 1 is 1.12 bits per heavy atom. The Labute approximate surface area is 156 Å². The molecule has 2 aromatic carbocycles. The Morgan fingerprint density at radius 3 is 2.54 bits per heavy atom. The molecule has 2 aromatic rings. The number of halogens is 1. The molecule has 0 aliphatic carbocycles. The number of amides is 1. The van der Waals surface area contributed by atoms with Gasteiger partial charge in [0.1, 0.15) is 6.61 Å². The van der Waals surface area contributed by atoms with Gasteiger partial charge in [-0.15, -0.1) is 0 Å². The molecule has 0 saturated carbocycles. The van der Waals surface area contributed by atoms with Crippen LogP contribution in [0.1, 0.15) is 36.2 Å². The standard InChI is InChI=1S/C19H22INO3/c1-3-10-21-19(22)15-11-16(20)18(17(12-15)23-4-2)24-13-14-8-6-5-7-9-14/h5-9,11-12H,3-4,10,13H2,1-2H3,(H,21,22). The van der Waals surface area contributed by atoms with Gasteiger partial charge in [0, 0.05) is 12.1 Å². The second kappa shape index (κ2) is 9.52. The zero-order valence-electron chi connectivity index (χ0n) is 14.0. The van der Waals surface area contributed by atoms with Crippen molar-refractivity contribution in [1.29, 1.82) is 0 Å². The summed E-state index contributed by atoms with van der Waals surface area (Å²) in [6.07, 6.45) is 0.902. The fourth-order valence-corrected chi connectivity index (χ4v) is 2.93. The molecule has 128 valence electrons. The molecule has 0 heterocycles. The number of carbonyl (C=O) groups excluding carboxylic acids is 1. The summed E-state index contributed by atoms with van der Waals surface area (Å²) in [5.74, 6) is 1.18. The van der Waals surface area contributed by atoms with Gasteiger partial charge in [-0.3, -0.25) is 4.79 Å². The molecule has 0 radical (unpaired) electrons. The lowest BCUT2D eigenvalue weighted by atomic mass is 10.2. The highest BCUT2D eigenvalue weighted by atomic mass is 127. The first-order valence-corrected chi connectivity index (χ1v) is 9.14. The average molecular weight is 439 g/mol. The number of benzene rings is 2. The van der Waals surface area contributed by atoms with Crippen molar-refractivity contribution >= 4 is 28.5 Å². The smallest absolute Gasteiger partial charge is 0.251 e. The zero-order chi connectivity index (χ0) is 17.4. The van der Waals surface area contributed by atoms with Crippen molar-refractivity contribution in [3.05, 3.63) is 57.2 Å². The van der Waals surface area contributed by atoms with Crippen LogP contribution in [-0.2, 0) is 6.61 Å². The molecule has 1 N–H and O–H groups in total. The first-order chi connectivity index (χ1) is 11.7. The van der Waals surface area contributed by atoms with Crippen LogP contribution in [-0.4, -0.2) is 19.1 Å². The lowest BCUT2D eigenvalue weighted by Gasteiger charge is -2.15. The van der Waals surface area contributed by atoms with E-state index in [2.05, 4.69) is 27.9 Å². The van der Waals surface area contributed by atoms with E-state index in [0.29, 0.717) is 36.8 Å². The summed E-state index contributed by atoms with van der Waals surface area (Å²) in [6.45, 7) is 5.57. The SMILES string of the molecule is CCCNC(=O)c1cc(I)c(OCc2ccccc2)c(OCC)c1. The van der Waals surface area contributed by atoms with Gasteiger partial charge >= 0.3 is 0 Å². The van der Waals surface area contributed by atoms with Crippen LogP contribution in [0.4, 0.5) is 0 Å². The number of nitrogens with one attached hydrogen (secondary N) is 1. The Bertz CT molecular complexity index is 674. The predicted octanol–water partition coefficient (Wildman–Crippen LogP) is 4.41. The molecule has 0 aromatic heterocycles. The summed E-state index contributed by atoms with van der Waals surface area (Å²) in [4.78, 5) is 12.2. The Hall–Kier alpha value is -1.76. The second-order valence-electron chi connectivity index (χ2n) is 5.25. The zero-order valence-corrected chi connectivity index (χ0v) is 16.1. The van der Waals surface area contributed by atoms with Crippen LogP contribution < -0.4 is 14.8 Å². The number of ether oxygens (including phenoxy) is 2. The molecule has 0 bridgehead atoms. The summed E-state index contributed by atoms with van der Waals surface area (Å²) in [6, 6.07) is 13.5. The maximum absolute atomic E-state index is 12.2. The molecule has 0 aliphatic heterocycles. The highest BCUT2D eigenvalue weighted by Crippen LogP contribution is 2.35. The molecule has 2 rings (SSSR count). The number of carbonyl (C=O) groups is 1. The third-order valence-corrected chi connectivity index (χ3v) is 4.13. The number of rotatable bonds is 8. The van der Waals surface area contributed by atoms with Crippen LogP contribution in [0.5, 0.6) is 11.5 Å². The third kappa shape index (κ3) is 5.12. The molecule has 0 spiro atoms. The van der Waals surface area contributed by atoms with Gasteiger partial charge < -0.3 is 14.8 Å². The molecule has 0 saturated heterocycles. The number of hydrogen-bond donors (Lipinski definition) is 1. The monoisotopic (exact) mass is 439 g/mol. The summed E-state index contributed by atoms with van der Waals surface area (Å²) in [5.41, 5.74) is 1.67. The van der Waals surface area contributed by atoms with E-state index in [1.165, 1.54) is 0 Å². The highest BCUT2D eigenvalue weighted by Gasteiger charge is 2.16. The summed E-state index contributed by atoms with van der Waals surface area (Å²) in [7, 11) is 0. The van der Waals surface area contributed by atoms with Crippen molar-refractivity contribution < 1.29 is 14.3 Å². The molecule has 0 atom stereocenters. The molecule has 4 nitrogen and oxygen atoms in total. The Kier molecular flexibility index (Phi) is 7.36. The largest absolute Gasteiger partial charge is 0.490 e. The van der Waals surface area contributed by atoms with Crippen molar-refractivity contribution in [2.45, 2.75) is 26.9 Å². The van der Waals surface area contributed by atoms with E-state index in [1.54, 1.807) is 6.07 Å². The molecule has 0 aliphatic rings. The van der Waals surface area contributed by atoms with Crippen LogP contribution in [0, 0.1) is 3.57 Å². The van der Waals surface area contributed by atoms with E-state index >= 15 is 0 Å². The van der Waals surface area contributed by atoms with Gasteiger partial charge in [0.15, 0.2) is 11.5 Å². The highest BCUT2D eigenvalue weighted by molar-refractivity contribution is 14.1. The van der Waals surface area contributed by atoms with Crippen LogP contribution in [0.25, 0.3) is 0 Å². The minimum absolute atomic E-state index is 0.0923. The van der Waals surface area contributed by atoms with Crippen LogP contribution in [0.3, 0.4) is 0 Å². The van der Waals surface area contributed by atoms with E-state index in [0.717, 1.165) is 15.6 Å². The maximum atomic E-state index is 12.2. The lowest BCUT2D eigenvalue weighted by molar-refractivity contribution is 0.0953. The third-order valence-electron chi connectivity index (χ3n) is 3.33. The molecule has 24 heavy (non-hydrogen) atoms. The van der Waals surface area contributed by atoms with Gasteiger partial charge in [-0.25, -0.2) is 0 Å². The van der Waals surface area contributed by atoms with Gasteiger partial charge in [0.05, 0.1) is 10.2 Å². The predicted molar refractivity (Wildman–Crippen MR) is 104 cm³/mol. The van der Waals surface area contributed by atoms with Crippen LogP contribution >= 0.6 is 22.6 Å². The molecule has 5 heteroatoms. The molecular weight excluding hydrogens is 417 g/mol. The van der Waals surface area contributed by atoms with Crippen molar-refractivity contribution in [3.8, 4) is 11.5 Å². The van der Waals surface area contributed by atoms with Crippen LogP contribution in [0.15, 0.2) is 42.5 Å². The molecule has 0 unspecified atom stereocenters. The minimum Gasteiger partial charge on any atom is -0.490 e. The van der Waals surface area contributed by atoms with Crippen molar-refractivity contribution in [1.82, 2.24) is 5.32 Å². The van der Waals surface area contributed by atoms with E-state index in [9.17, 15) is 4.79 Å². The fourth-order valence-electron chi connectivity index (χ4n) is 2.17. The normalized spacial score (nSPS) is 10.3. The van der Waals surface area contributed by atoms with E-state index in [1.807, 2.05) is 50.2 Å². The Balaban J connectivity index is 2.21. The summed E-state index contributed by atoms with van der Waals surface area (Å²) < 4.78 is 12.5. The van der Waals surface area contributed by atoms with E-state index in [4.69, 9.17) is 9.47 Å².